The monoisotopic (exact) mass is 410 g/mol. The molecule has 1 aliphatic heterocycles. The molecule has 1 aliphatic carbocycles. The van der Waals surface area contributed by atoms with E-state index in [9.17, 15) is 9.90 Å². The zero-order valence-corrected chi connectivity index (χ0v) is 17.3. The lowest BCUT2D eigenvalue weighted by Gasteiger charge is -2.36. The third-order valence-electron chi connectivity index (χ3n) is 5.65. The van der Waals surface area contributed by atoms with Crippen molar-refractivity contribution in [1.82, 2.24) is 10.2 Å². The first-order chi connectivity index (χ1) is 13.6. The first kappa shape index (κ1) is 21.4. The number of carbonyl (C=O) groups is 1. The van der Waals surface area contributed by atoms with Crippen molar-refractivity contribution < 1.29 is 19.4 Å². The summed E-state index contributed by atoms with van der Waals surface area (Å²) in [4.78, 5) is 15.2. The molecule has 2 aliphatic rings. The molecule has 6 nitrogen and oxygen atoms in total. The molecule has 1 aromatic carbocycles. The van der Waals surface area contributed by atoms with Gasteiger partial charge in [-0.3, -0.25) is 4.79 Å². The van der Waals surface area contributed by atoms with Crippen molar-refractivity contribution in [2.45, 2.75) is 56.8 Å². The van der Waals surface area contributed by atoms with Crippen molar-refractivity contribution in [1.29, 1.82) is 0 Å². The van der Waals surface area contributed by atoms with Crippen LogP contribution in [0.1, 0.15) is 48.9 Å². The molecule has 0 radical (unpaired) electrons. The van der Waals surface area contributed by atoms with E-state index in [1.807, 2.05) is 0 Å². The van der Waals surface area contributed by atoms with E-state index in [0.717, 1.165) is 32.0 Å². The van der Waals surface area contributed by atoms with Gasteiger partial charge in [-0.15, -0.1) is 0 Å². The molecular weight excluding hydrogens is 380 g/mol. The van der Waals surface area contributed by atoms with Crippen LogP contribution in [0.2, 0.25) is 5.02 Å². The third-order valence-corrected chi connectivity index (χ3v) is 5.89. The van der Waals surface area contributed by atoms with Crippen LogP contribution in [0.25, 0.3) is 0 Å². The van der Waals surface area contributed by atoms with E-state index in [1.54, 1.807) is 18.2 Å². The van der Waals surface area contributed by atoms with E-state index in [1.165, 1.54) is 32.8 Å². The summed E-state index contributed by atoms with van der Waals surface area (Å²) in [5, 5.41) is 12.9. The number of nitrogens with zero attached hydrogens (tertiary/aromatic N) is 1. The number of amides is 1. The Labute approximate surface area is 172 Å². The first-order valence-corrected chi connectivity index (χ1v) is 10.6. The normalized spacial score (nSPS) is 20.2. The van der Waals surface area contributed by atoms with Gasteiger partial charge in [0.15, 0.2) is 0 Å². The average Bonchev–Trinajstić information content (AvgIpc) is 3.23. The second kappa shape index (κ2) is 10.4. The molecule has 0 spiro atoms. The maximum atomic E-state index is 12.6. The van der Waals surface area contributed by atoms with Gasteiger partial charge in [-0.05, 0) is 43.9 Å². The van der Waals surface area contributed by atoms with Gasteiger partial charge >= 0.3 is 0 Å². The highest BCUT2D eigenvalue weighted by atomic mass is 35.5. The van der Waals surface area contributed by atoms with Gasteiger partial charge in [0.25, 0.3) is 5.91 Å². The number of nitrogens with one attached hydrogen (secondary N) is 1. The van der Waals surface area contributed by atoms with Gasteiger partial charge in [0.1, 0.15) is 11.9 Å². The van der Waals surface area contributed by atoms with Gasteiger partial charge in [-0.1, -0.05) is 24.4 Å². The fourth-order valence-corrected chi connectivity index (χ4v) is 4.32. The van der Waals surface area contributed by atoms with Crippen LogP contribution in [-0.2, 0) is 4.74 Å². The van der Waals surface area contributed by atoms with Crippen molar-refractivity contribution in [2.75, 3.05) is 33.4 Å². The molecule has 1 heterocycles. The highest BCUT2D eigenvalue weighted by molar-refractivity contribution is 6.31. The molecule has 0 bridgehead atoms. The third kappa shape index (κ3) is 5.83. The molecule has 1 unspecified atom stereocenters. The molecule has 0 aromatic heterocycles. The van der Waals surface area contributed by atoms with Crippen LogP contribution in [0, 0.1) is 0 Å². The number of aliphatic hydroxyl groups is 1. The summed E-state index contributed by atoms with van der Waals surface area (Å²) >= 11 is 6.10. The van der Waals surface area contributed by atoms with E-state index in [-0.39, 0.29) is 25.2 Å². The summed E-state index contributed by atoms with van der Waals surface area (Å²) in [7, 11) is 1.51. The lowest BCUT2D eigenvalue weighted by atomic mass is 10.0. The van der Waals surface area contributed by atoms with E-state index >= 15 is 0 Å². The Morgan fingerprint density at radius 3 is 2.68 bits per heavy atom. The number of rotatable bonds is 8. The predicted octanol–water partition coefficient (Wildman–Crippen LogP) is 2.86. The van der Waals surface area contributed by atoms with Gasteiger partial charge in [-0.25, -0.2) is 0 Å². The molecule has 1 saturated heterocycles. The van der Waals surface area contributed by atoms with Gasteiger partial charge in [0.05, 0.1) is 18.3 Å². The van der Waals surface area contributed by atoms with Crippen molar-refractivity contribution in [3.8, 4) is 5.75 Å². The minimum Gasteiger partial charge on any atom is -0.489 e. The van der Waals surface area contributed by atoms with Crippen LogP contribution >= 0.6 is 11.6 Å². The average molecular weight is 411 g/mol. The fourth-order valence-electron chi connectivity index (χ4n) is 4.15. The summed E-state index contributed by atoms with van der Waals surface area (Å²) in [6.07, 6.45) is 6.62. The molecule has 28 heavy (non-hydrogen) atoms. The Kier molecular flexibility index (Phi) is 7.97. The summed E-state index contributed by atoms with van der Waals surface area (Å²) in [5.74, 6) is 0.235. The second-order valence-electron chi connectivity index (χ2n) is 7.75. The number of hydrogen-bond acceptors (Lipinski definition) is 5. The molecule has 1 amide bonds. The SMILES string of the molecule is COCC(O)CNC(=O)c1cc(Cl)ccc1OC1CCN(C2CCCC2)CC1. The van der Waals surface area contributed by atoms with E-state index in [2.05, 4.69) is 10.2 Å². The number of ether oxygens (including phenoxy) is 2. The van der Waals surface area contributed by atoms with Gasteiger partial charge < -0.3 is 24.8 Å². The number of likely N-dealkylation sites (tertiary alicyclic amines) is 1. The molecule has 1 saturated carbocycles. The highest BCUT2D eigenvalue weighted by Gasteiger charge is 2.28. The maximum Gasteiger partial charge on any atom is 0.255 e. The fraction of sp³-hybridized carbons (Fsp3) is 0.667. The number of methoxy groups -OCH3 is 1. The van der Waals surface area contributed by atoms with Gasteiger partial charge in [0, 0.05) is 37.8 Å². The van der Waals surface area contributed by atoms with Crippen molar-refractivity contribution >= 4 is 17.5 Å². The smallest absolute Gasteiger partial charge is 0.255 e. The number of halogens is 1. The Bertz CT molecular complexity index is 643. The van der Waals surface area contributed by atoms with Crippen molar-refractivity contribution in [2.24, 2.45) is 0 Å². The van der Waals surface area contributed by atoms with Crippen LogP contribution in [0.4, 0.5) is 0 Å². The van der Waals surface area contributed by atoms with E-state index in [4.69, 9.17) is 21.1 Å². The second-order valence-corrected chi connectivity index (χ2v) is 8.19. The molecule has 7 heteroatoms. The Morgan fingerprint density at radius 1 is 1.29 bits per heavy atom. The van der Waals surface area contributed by atoms with Crippen LogP contribution in [0.3, 0.4) is 0 Å². The number of piperidine rings is 1. The molecule has 3 rings (SSSR count). The summed E-state index contributed by atoms with van der Waals surface area (Å²) < 4.78 is 11.1. The molecular formula is C21H31ClN2O4. The number of carbonyl (C=O) groups excluding carboxylic acids is 1. The molecule has 2 fully saturated rings. The maximum absolute atomic E-state index is 12.6. The molecule has 1 aromatic rings. The van der Waals surface area contributed by atoms with Crippen LogP contribution in [0.15, 0.2) is 18.2 Å². The van der Waals surface area contributed by atoms with Crippen LogP contribution in [0.5, 0.6) is 5.75 Å². The lowest BCUT2D eigenvalue weighted by Crippen LogP contribution is -2.43. The zero-order chi connectivity index (χ0) is 19.9. The Morgan fingerprint density at radius 2 is 2.00 bits per heavy atom. The van der Waals surface area contributed by atoms with Gasteiger partial charge in [-0.2, -0.15) is 0 Å². The minimum absolute atomic E-state index is 0.101. The molecule has 1 atom stereocenters. The van der Waals surface area contributed by atoms with E-state index < -0.39 is 6.10 Å². The topological polar surface area (TPSA) is 71.0 Å². The summed E-state index contributed by atoms with van der Waals surface area (Å²) in [5.41, 5.74) is 0.398. The number of benzene rings is 1. The van der Waals surface area contributed by atoms with Crippen LogP contribution < -0.4 is 10.1 Å². The number of hydrogen-bond donors (Lipinski definition) is 2. The van der Waals surface area contributed by atoms with Gasteiger partial charge in [0.2, 0.25) is 0 Å². The lowest BCUT2D eigenvalue weighted by molar-refractivity contribution is 0.0603. The molecule has 2 N–H and O–H groups in total. The Balaban J connectivity index is 1.57. The zero-order valence-electron chi connectivity index (χ0n) is 16.5. The standard InChI is InChI=1S/C21H31ClN2O4/c1-27-14-17(25)13-23-21(26)19-12-15(22)6-7-20(19)28-18-8-10-24(11-9-18)16-4-2-3-5-16/h6-7,12,16-18,25H,2-5,8-11,13-14H2,1H3,(H,23,26). The minimum atomic E-state index is -0.752. The summed E-state index contributed by atoms with van der Waals surface area (Å²) in [6.45, 7) is 2.37. The van der Waals surface area contributed by atoms with Crippen LogP contribution in [-0.4, -0.2) is 67.5 Å². The number of aliphatic hydroxyl groups excluding tert-OH is 1. The largest absolute Gasteiger partial charge is 0.489 e. The van der Waals surface area contributed by atoms with E-state index in [0.29, 0.717) is 16.3 Å². The van der Waals surface area contributed by atoms with Crippen molar-refractivity contribution in [3.05, 3.63) is 28.8 Å². The highest BCUT2D eigenvalue weighted by Crippen LogP contribution is 2.29. The molecule has 156 valence electrons. The van der Waals surface area contributed by atoms with Crippen molar-refractivity contribution in [3.63, 3.8) is 0 Å². The predicted molar refractivity (Wildman–Crippen MR) is 109 cm³/mol. The first-order valence-electron chi connectivity index (χ1n) is 10.2. The quantitative estimate of drug-likeness (QED) is 0.689. The summed E-state index contributed by atoms with van der Waals surface area (Å²) in [6, 6.07) is 5.85. The Hall–Kier alpha value is -1.34.